The Morgan fingerprint density at radius 3 is 2.86 bits per heavy atom. The van der Waals surface area contributed by atoms with Crippen LogP contribution in [0.4, 0.5) is 4.39 Å². The lowest BCUT2D eigenvalue weighted by Gasteiger charge is -2.28. The zero-order chi connectivity index (χ0) is 10.2. The molecule has 1 aromatic carbocycles. The molecule has 0 radical (unpaired) electrons. The molecule has 0 N–H and O–H groups in total. The van der Waals surface area contributed by atoms with Gasteiger partial charge in [-0.25, -0.2) is 4.39 Å². The molecular weight excluding hydrogens is 179 g/mol. The van der Waals surface area contributed by atoms with E-state index in [1.807, 2.05) is 12.1 Å². The van der Waals surface area contributed by atoms with Gasteiger partial charge in [0.2, 0.25) is 0 Å². The van der Waals surface area contributed by atoms with E-state index in [4.69, 9.17) is 0 Å². The minimum atomic E-state index is -1.62. The van der Waals surface area contributed by atoms with E-state index >= 15 is 0 Å². The average molecular weight is 192 g/mol. The molecule has 0 saturated heterocycles. The summed E-state index contributed by atoms with van der Waals surface area (Å²) < 4.78 is 14.0. The van der Waals surface area contributed by atoms with Crippen molar-refractivity contribution in [2.24, 2.45) is 0 Å². The molecule has 1 aromatic rings. The van der Waals surface area contributed by atoms with Crippen LogP contribution in [-0.4, -0.2) is 11.5 Å². The Bertz CT molecular complexity index is 372. The summed E-state index contributed by atoms with van der Waals surface area (Å²) in [6, 6.07) is 7.31. The first-order valence-electron chi connectivity index (χ1n) is 4.99. The summed E-state index contributed by atoms with van der Waals surface area (Å²) in [4.78, 5) is 11.8. The second-order valence-electron chi connectivity index (χ2n) is 3.81. The normalized spacial score (nSPS) is 26.0. The molecule has 0 aliphatic heterocycles. The van der Waals surface area contributed by atoms with E-state index in [-0.39, 0.29) is 12.2 Å². The number of halogens is 1. The summed E-state index contributed by atoms with van der Waals surface area (Å²) in [5.41, 5.74) is -0.0590. The van der Waals surface area contributed by atoms with Crippen LogP contribution in [0.3, 0.4) is 0 Å². The molecule has 0 amide bonds. The first-order chi connectivity index (χ1) is 6.67. The fourth-order valence-corrected chi connectivity index (χ4v) is 1.98. The fraction of sp³-hybridized carbons (Fsp3) is 0.417. The Kier molecular flexibility index (Phi) is 2.14. The lowest BCUT2D eigenvalue weighted by molar-refractivity contribution is 0.0626. The molecule has 1 aliphatic rings. The smallest absolute Gasteiger partial charge is 0.200 e. The van der Waals surface area contributed by atoms with Crippen molar-refractivity contribution in [2.75, 3.05) is 0 Å². The highest BCUT2D eigenvalue weighted by Gasteiger charge is 2.40. The average Bonchev–Trinajstić information content (AvgIpc) is 2.24. The monoisotopic (exact) mass is 192 g/mol. The number of benzene rings is 1. The maximum absolute atomic E-state index is 14.0. The van der Waals surface area contributed by atoms with Crippen molar-refractivity contribution in [3.63, 3.8) is 0 Å². The Balaban J connectivity index is 2.46. The van der Waals surface area contributed by atoms with Crippen LogP contribution < -0.4 is 0 Å². The van der Waals surface area contributed by atoms with Crippen molar-refractivity contribution in [1.29, 1.82) is 0 Å². The molecule has 1 atom stereocenters. The minimum absolute atomic E-state index is 0.278. The predicted molar refractivity (Wildman–Crippen MR) is 53.2 cm³/mol. The lowest BCUT2D eigenvalue weighted by atomic mass is 9.79. The maximum Gasteiger partial charge on any atom is 0.200 e. The summed E-state index contributed by atoms with van der Waals surface area (Å²) in [7, 11) is 0. The van der Waals surface area contributed by atoms with Gasteiger partial charge in [0.05, 0.1) is 0 Å². The lowest BCUT2D eigenvalue weighted by Crippen LogP contribution is -2.37. The number of aryl methyl sites for hydroxylation is 1. The summed E-state index contributed by atoms with van der Waals surface area (Å²) in [5.74, 6) is -0.332. The van der Waals surface area contributed by atoms with Gasteiger partial charge in [-0.1, -0.05) is 31.2 Å². The molecule has 2 rings (SSSR count). The molecule has 0 unspecified atom stereocenters. The first-order valence-corrected chi connectivity index (χ1v) is 4.99. The molecule has 1 nitrogen and oxygen atoms in total. The summed E-state index contributed by atoms with van der Waals surface area (Å²) in [6.07, 6.45) is 1.28. The topological polar surface area (TPSA) is 17.1 Å². The number of ketones is 1. The van der Waals surface area contributed by atoms with Gasteiger partial charge in [-0.2, -0.15) is 0 Å². The van der Waals surface area contributed by atoms with Crippen LogP contribution in [0.1, 0.15) is 35.7 Å². The zero-order valence-electron chi connectivity index (χ0n) is 8.22. The molecule has 0 spiro atoms. The number of alkyl halides is 1. The second kappa shape index (κ2) is 3.19. The molecule has 0 fully saturated rings. The van der Waals surface area contributed by atoms with Gasteiger partial charge in [0.15, 0.2) is 11.5 Å². The number of hydrogen-bond acceptors (Lipinski definition) is 1. The van der Waals surface area contributed by atoms with Crippen LogP contribution in [0, 0.1) is 0 Å². The number of Topliss-reactive ketones (excluding diaryl/α,β-unsaturated/α-hetero) is 1. The van der Waals surface area contributed by atoms with Crippen molar-refractivity contribution in [1.82, 2.24) is 0 Å². The van der Waals surface area contributed by atoms with E-state index in [0.717, 1.165) is 5.56 Å². The number of rotatable bonds is 1. The van der Waals surface area contributed by atoms with Crippen LogP contribution in [0.25, 0.3) is 0 Å². The third-order valence-electron chi connectivity index (χ3n) is 3.02. The van der Waals surface area contributed by atoms with Gasteiger partial charge in [-0.15, -0.1) is 0 Å². The Morgan fingerprint density at radius 1 is 1.43 bits per heavy atom. The largest absolute Gasteiger partial charge is 0.291 e. The maximum atomic E-state index is 14.0. The summed E-state index contributed by atoms with van der Waals surface area (Å²) in [5, 5.41) is 0. The molecule has 0 bridgehead atoms. The van der Waals surface area contributed by atoms with Gasteiger partial charge in [-0.05, 0) is 24.8 Å². The molecule has 0 heterocycles. The molecule has 14 heavy (non-hydrogen) atoms. The van der Waals surface area contributed by atoms with Crippen LogP contribution in [-0.2, 0) is 6.42 Å². The quantitative estimate of drug-likeness (QED) is 0.668. The summed E-state index contributed by atoms with van der Waals surface area (Å²) >= 11 is 0. The summed E-state index contributed by atoms with van der Waals surface area (Å²) in [6.45, 7) is 1.73. The van der Waals surface area contributed by atoms with Crippen LogP contribution in [0.5, 0.6) is 0 Å². The molecule has 2 heteroatoms. The molecular formula is C12H13FO. The van der Waals surface area contributed by atoms with Gasteiger partial charge >= 0.3 is 0 Å². The molecule has 1 aliphatic carbocycles. The van der Waals surface area contributed by atoms with E-state index in [1.54, 1.807) is 19.1 Å². The standard InChI is InChI=1S/C12H13FO/c1-2-12(13)8-7-9-5-3-4-6-10(9)11(12)14/h3-6H,2,7-8H2,1H3/t12-/m1/s1. The van der Waals surface area contributed by atoms with E-state index in [9.17, 15) is 9.18 Å². The van der Waals surface area contributed by atoms with Crippen molar-refractivity contribution in [3.8, 4) is 0 Å². The Morgan fingerprint density at radius 2 is 2.14 bits per heavy atom. The van der Waals surface area contributed by atoms with Gasteiger partial charge < -0.3 is 0 Å². The van der Waals surface area contributed by atoms with E-state index in [1.165, 1.54) is 0 Å². The molecule has 0 saturated carbocycles. The molecule has 74 valence electrons. The molecule has 0 aromatic heterocycles. The SMILES string of the molecule is CC[C@@]1(F)CCc2ccccc2C1=O. The van der Waals surface area contributed by atoms with Crippen molar-refractivity contribution < 1.29 is 9.18 Å². The van der Waals surface area contributed by atoms with E-state index in [0.29, 0.717) is 18.4 Å². The minimum Gasteiger partial charge on any atom is -0.291 e. The third-order valence-corrected chi connectivity index (χ3v) is 3.02. The van der Waals surface area contributed by atoms with E-state index in [2.05, 4.69) is 0 Å². The highest BCUT2D eigenvalue weighted by atomic mass is 19.1. The van der Waals surface area contributed by atoms with Crippen molar-refractivity contribution in [3.05, 3.63) is 35.4 Å². The third kappa shape index (κ3) is 1.26. The number of fused-ring (bicyclic) bond motifs is 1. The van der Waals surface area contributed by atoms with Crippen LogP contribution >= 0.6 is 0 Å². The number of carbonyl (C=O) groups excluding carboxylic acids is 1. The number of hydrogen-bond donors (Lipinski definition) is 0. The van der Waals surface area contributed by atoms with E-state index < -0.39 is 5.67 Å². The van der Waals surface area contributed by atoms with Crippen molar-refractivity contribution >= 4 is 5.78 Å². The highest BCUT2D eigenvalue weighted by molar-refractivity contribution is 6.04. The van der Waals surface area contributed by atoms with Gasteiger partial charge in [0.1, 0.15) is 0 Å². The van der Waals surface area contributed by atoms with Crippen molar-refractivity contribution in [2.45, 2.75) is 31.9 Å². The number of carbonyl (C=O) groups is 1. The first kappa shape index (κ1) is 9.38. The second-order valence-corrected chi connectivity index (χ2v) is 3.81. The fourth-order valence-electron chi connectivity index (χ4n) is 1.98. The van der Waals surface area contributed by atoms with Gasteiger partial charge in [0, 0.05) is 5.56 Å². The highest BCUT2D eigenvalue weighted by Crippen LogP contribution is 2.33. The zero-order valence-corrected chi connectivity index (χ0v) is 8.22. The van der Waals surface area contributed by atoms with Gasteiger partial charge in [0.25, 0.3) is 0 Å². The van der Waals surface area contributed by atoms with Gasteiger partial charge in [-0.3, -0.25) is 4.79 Å². The van der Waals surface area contributed by atoms with Crippen LogP contribution in [0.15, 0.2) is 24.3 Å². The Labute approximate surface area is 82.9 Å². The van der Waals surface area contributed by atoms with Crippen LogP contribution in [0.2, 0.25) is 0 Å². The Hall–Kier alpha value is -1.18. The predicted octanol–water partition coefficient (Wildman–Crippen LogP) is 2.93.